The van der Waals surface area contributed by atoms with E-state index in [9.17, 15) is 0 Å². The maximum Gasteiger partial charge on any atom is 0.0950 e. The number of imidazole rings is 1. The van der Waals surface area contributed by atoms with E-state index in [0.29, 0.717) is 0 Å². The van der Waals surface area contributed by atoms with Crippen molar-refractivity contribution in [2.75, 3.05) is 18.9 Å². The van der Waals surface area contributed by atoms with Crippen LogP contribution in [-0.2, 0) is 11.3 Å². The van der Waals surface area contributed by atoms with E-state index < -0.39 is 0 Å². The Morgan fingerprint density at radius 3 is 2.85 bits per heavy atom. The second kappa shape index (κ2) is 7.65. The lowest BCUT2D eigenvalue weighted by Gasteiger charge is -2.10. The van der Waals surface area contributed by atoms with Crippen molar-refractivity contribution >= 4 is 5.69 Å². The number of hydrogen-bond donors (Lipinski definition) is 1. The molecule has 0 aliphatic heterocycles. The maximum absolute atomic E-state index is 5.98. The van der Waals surface area contributed by atoms with Gasteiger partial charge < -0.3 is 15.0 Å². The summed E-state index contributed by atoms with van der Waals surface area (Å²) in [4.78, 5) is 8.33. The number of aromatic nitrogens is 3. The number of rotatable bonds is 8. The quantitative estimate of drug-likeness (QED) is 0.752. The first kappa shape index (κ1) is 14.5. The van der Waals surface area contributed by atoms with Crippen LogP contribution in [0.5, 0.6) is 0 Å². The summed E-state index contributed by atoms with van der Waals surface area (Å²) in [5.74, 6) is 0. The molecule has 0 fully saturated rings. The van der Waals surface area contributed by atoms with E-state index in [1.165, 1.54) is 6.42 Å². The standard InChI is InChI=1S/C15H22N4O/c1-2-3-8-20-9-4-7-19-12-18-11-15(19)13-10-17-6-5-14(13)16/h5-6,10-12H,2-4,7-9H2,1H3,(H2,16,17). The van der Waals surface area contributed by atoms with Gasteiger partial charge in [-0.3, -0.25) is 4.98 Å². The molecule has 2 heterocycles. The van der Waals surface area contributed by atoms with Crippen LogP contribution in [0.4, 0.5) is 5.69 Å². The van der Waals surface area contributed by atoms with Crippen molar-refractivity contribution in [3.8, 4) is 11.3 Å². The lowest BCUT2D eigenvalue weighted by atomic mass is 10.2. The molecule has 2 aromatic heterocycles. The van der Waals surface area contributed by atoms with Gasteiger partial charge in [-0.1, -0.05) is 13.3 Å². The summed E-state index contributed by atoms with van der Waals surface area (Å²) >= 11 is 0. The van der Waals surface area contributed by atoms with Crippen LogP contribution in [0.2, 0.25) is 0 Å². The molecule has 108 valence electrons. The zero-order valence-corrected chi connectivity index (χ0v) is 12.0. The number of pyridine rings is 1. The lowest BCUT2D eigenvalue weighted by Crippen LogP contribution is -2.05. The fourth-order valence-corrected chi connectivity index (χ4v) is 2.03. The number of nitrogen functional groups attached to an aromatic ring is 1. The number of nitrogens with zero attached hydrogens (tertiary/aromatic N) is 3. The molecule has 0 atom stereocenters. The molecule has 0 aliphatic rings. The molecular weight excluding hydrogens is 252 g/mol. The molecule has 0 amide bonds. The molecule has 0 unspecified atom stereocenters. The van der Waals surface area contributed by atoms with Crippen LogP contribution in [0.15, 0.2) is 31.0 Å². The van der Waals surface area contributed by atoms with Gasteiger partial charge in [0.25, 0.3) is 0 Å². The molecule has 20 heavy (non-hydrogen) atoms. The van der Waals surface area contributed by atoms with Gasteiger partial charge in [-0.05, 0) is 18.9 Å². The van der Waals surface area contributed by atoms with Gasteiger partial charge in [0.15, 0.2) is 0 Å². The summed E-state index contributed by atoms with van der Waals surface area (Å²) < 4.78 is 7.66. The Morgan fingerprint density at radius 2 is 2.05 bits per heavy atom. The van der Waals surface area contributed by atoms with E-state index >= 15 is 0 Å². The summed E-state index contributed by atoms with van der Waals surface area (Å²) in [6.07, 6.45) is 10.4. The molecule has 0 spiro atoms. The van der Waals surface area contributed by atoms with E-state index in [0.717, 1.165) is 49.5 Å². The summed E-state index contributed by atoms with van der Waals surface area (Å²) in [6.45, 7) is 4.66. The van der Waals surface area contributed by atoms with Crippen molar-refractivity contribution in [2.24, 2.45) is 0 Å². The second-order valence-corrected chi connectivity index (χ2v) is 4.75. The van der Waals surface area contributed by atoms with Crippen LogP contribution in [0, 0.1) is 0 Å². The van der Waals surface area contributed by atoms with Gasteiger partial charge in [-0.15, -0.1) is 0 Å². The van der Waals surface area contributed by atoms with Gasteiger partial charge in [-0.2, -0.15) is 0 Å². The Morgan fingerprint density at radius 1 is 1.20 bits per heavy atom. The van der Waals surface area contributed by atoms with Gasteiger partial charge in [0.2, 0.25) is 0 Å². The molecule has 0 aromatic carbocycles. The fraction of sp³-hybridized carbons (Fsp3) is 0.467. The van der Waals surface area contributed by atoms with Crippen molar-refractivity contribution < 1.29 is 4.74 Å². The van der Waals surface area contributed by atoms with Crippen LogP contribution in [-0.4, -0.2) is 27.7 Å². The highest BCUT2D eigenvalue weighted by atomic mass is 16.5. The van der Waals surface area contributed by atoms with Crippen molar-refractivity contribution in [1.29, 1.82) is 0 Å². The minimum absolute atomic E-state index is 0.723. The first-order chi connectivity index (χ1) is 9.83. The topological polar surface area (TPSA) is 66.0 Å². The van der Waals surface area contributed by atoms with Gasteiger partial charge in [0.05, 0.1) is 18.2 Å². The number of hydrogen-bond acceptors (Lipinski definition) is 4. The monoisotopic (exact) mass is 274 g/mol. The minimum Gasteiger partial charge on any atom is -0.398 e. The molecule has 0 saturated heterocycles. The largest absolute Gasteiger partial charge is 0.398 e. The van der Waals surface area contributed by atoms with Crippen LogP contribution in [0.3, 0.4) is 0 Å². The Hall–Kier alpha value is -1.88. The minimum atomic E-state index is 0.723. The summed E-state index contributed by atoms with van der Waals surface area (Å²) in [5, 5.41) is 0. The third-order valence-corrected chi connectivity index (χ3v) is 3.17. The Bertz CT molecular complexity index is 524. The summed E-state index contributed by atoms with van der Waals surface area (Å²) in [5.41, 5.74) is 8.64. The predicted molar refractivity (Wildman–Crippen MR) is 80.2 cm³/mol. The van der Waals surface area contributed by atoms with Crippen LogP contribution in [0.25, 0.3) is 11.3 Å². The number of ether oxygens (including phenoxy) is 1. The van der Waals surface area contributed by atoms with Crippen LogP contribution >= 0.6 is 0 Å². The molecule has 0 aliphatic carbocycles. The van der Waals surface area contributed by atoms with E-state index in [4.69, 9.17) is 10.5 Å². The third kappa shape index (κ3) is 3.81. The van der Waals surface area contributed by atoms with Crippen molar-refractivity contribution in [2.45, 2.75) is 32.7 Å². The Kier molecular flexibility index (Phi) is 5.55. The van der Waals surface area contributed by atoms with E-state index in [1.807, 2.05) is 12.5 Å². The zero-order valence-electron chi connectivity index (χ0n) is 12.0. The van der Waals surface area contributed by atoms with E-state index in [1.54, 1.807) is 18.5 Å². The van der Waals surface area contributed by atoms with Crippen molar-refractivity contribution in [3.05, 3.63) is 31.0 Å². The number of nitrogens with two attached hydrogens (primary N) is 1. The van der Waals surface area contributed by atoms with Crippen LogP contribution in [0.1, 0.15) is 26.2 Å². The van der Waals surface area contributed by atoms with Crippen LogP contribution < -0.4 is 5.73 Å². The fourth-order valence-electron chi connectivity index (χ4n) is 2.03. The number of unbranched alkanes of at least 4 members (excludes halogenated alkanes) is 1. The highest BCUT2D eigenvalue weighted by molar-refractivity contribution is 5.72. The molecule has 0 saturated carbocycles. The number of aryl methyl sites for hydroxylation is 1. The summed E-state index contributed by atoms with van der Waals surface area (Å²) in [6, 6.07) is 1.81. The molecule has 0 radical (unpaired) electrons. The molecule has 5 nitrogen and oxygen atoms in total. The van der Waals surface area contributed by atoms with E-state index in [-0.39, 0.29) is 0 Å². The molecule has 2 aromatic rings. The van der Waals surface area contributed by atoms with Gasteiger partial charge >= 0.3 is 0 Å². The first-order valence-electron chi connectivity index (χ1n) is 7.10. The highest BCUT2D eigenvalue weighted by Crippen LogP contribution is 2.24. The number of anilines is 1. The highest BCUT2D eigenvalue weighted by Gasteiger charge is 2.08. The Balaban J connectivity index is 1.91. The van der Waals surface area contributed by atoms with Gasteiger partial charge in [0, 0.05) is 43.4 Å². The lowest BCUT2D eigenvalue weighted by molar-refractivity contribution is 0.126. The van der Waals surface area contributed by atoms with Gasteiger partial charge in [0.1, 0.15) is 0 Å². The van der Waals surface area contributed by atoms with Crippen molar-refractivity contribution in [3.63, 3.8) is 0 Å². The maximum atomic E-state index is 5.98. The third-order valence-electron chi connectivity index (χ3n) is 3.17. The zero-order chi connectivity index (χ0) is 14.2. The SMILES string of the molecule is CCCCOCCCn1cncc1-c1cnccc1N. The average molecular weight is 274 g/mol. The summed E-state index contributed by atoms with van der Waals surface area (Å²) in [7, 11) is 0. The second-order valence-electron chi connectivity index (χ2n) is 4.75. The molecule has 2 rings (SSSR count). The smallest absolute Gasteiger partial charge is 0.0950 e. The predicted octanol–water partition coefficient (Wildman–Crippen LogP) is 2.73. The molecular formula is C15H22N4O. The molecule has 0 bridgehead atoms. The average Bonchev–Trinajstić information content (AvgIpc) is 2.91. The van der Waals surface area contributed by atoms with E-state index in [2.05, 4.69) is 21.5 Å². The Labute approximate surface area is 119 Å². The first-order valence-corrected chi connectivity index (χ1v) is 7.10. The van der Waals surface area contributed by atoms with Gasteiger partial charge in [-0.25, -0.2) is 4.98 Å². The normalized spacial score (nSPS) is 10.8. The molecule has 5 heteroatoms. The molecule has 2 N–H and O–H groups in total. The van der Waals surface area contributed by atoms with Crippen molar-refractivity contribution in [1.82, 2.24) is 14.5 Å².